The standard InChI is InChI=1S/C14H12N2S/c1-10-16-14(9-17-10)5-2-11-6-13(8-15-7-11)12-3-4-12/h6-9,12H,3-4H2,1H3. The zero-order valence-electron chi connectivity index (χ0n) is 9.60. The van der Waals surface area contributed by atoms with Gasteiger partial charge in [0.25, 0.3) is 0 Å². The third kappa shape index (κ3) is 2.54. The van der Waals surface area contributed by atoms with Crippen LogP contribution in [0.2, 0.25) is 0 Å². The molecule has 2 aromatic rings. The molecule has 2 aromatic heterocycles. The lowest BCUT2D eigenvalue weighted by Crippen LogP contribution is -1.85. The molecule has 84 valence electrons. The van der Waals surface area contributed by atoms with Crippen LogP contribution < -0.4 is 0 Å². The van der Waals surface area contributed by atoms with Crippen LogP contribution in [0.15, 0.2) is 23.8 Å². The number of hydrogen-bond donors (Lipinski definition) is 0. The highest BCUT2D eigenvalue weighted by Crippen LogP contribution is 2.39. The molecule has 1 aliphatic rings. The topological polar surface area (TPSA) is 25.8 Å². The molecule has 3 rings (SSSR count). The second kappa shape index (κ2) is 4.31. The Bertz CT molecular complexity index is 600. The van der Waals surface area contributed by atoms with Gasteiger partial charge in [-0.25, -0.2) is 4.98 Å². The van der Waals surface area contributed by atoms with Crippen LogP contribution in [0.25, 0.3) is 0 Å². The van der Waals surface area contributed by atoms with E-state index in [9.17, 15) is 0 Å². The molecule has 0 amide bonds. The van der Waals surface area contributed by atoms with Gasteiger partial charge in [0.1, 0.15) is 5.69 Å². The van der Waals surface area contributed by atoms with Crippen molar-refractivity contribution in [3.05, 3.63) is 45.7 Å². The van der Waals surface area contributed by atoms with E-state index in [0.717, 1.165) is 22.2 Å². The Hall–Kier alpha value is -1.66. The predicted molar refractivity (Wildman–Crippen MR) is 69.0 cm³/mol. The van der Waals surface area contributed by atoms with Crippen molar-refractivity contribution in [1.82, 2.24) is 9.97 Å². The maximum atomic E-state index is 4.32. The first kappa shape index (κ1) is 10.5. The molecule has 17 heavy (non-hydrogen) atoms. The molecule has 1 fully saturated rings. The fourth-order valence-corrected chi connectivity index (χ4v) is 2.27. The average molecular weight is 240 g/mol. The van der Waals surface area contributed by atoms with E-state index in [2.05, 4.69) is 27.9 Å². The number of pyridine rings is 1. The number of hydrogen-bond acceptors (Lipinski definition) is 3. The number of aryl methyl sites for hydroxylation is 1. The van der Waals surface area contributed by atoms with Gasteiger partial charge in [0, 0.05) is 23.3 Å². The molecule has 0 spiro atoms. The van der Waals surface area contributed by atoms with Crippen molar-refractivity contribution in [2.75, 3.05) is 0 Å². The maximum absolute atomic E-state index is 4.32. The third-order valence-electron chi connectivity index (χ3n) is 2.76. The largest absolute Gasteiger partial charge is 0.263 e. The molecular weight excluding hydrogens is 228 g/mol. The van der Waals surface area contributed by atoms with Crippen molar-refractivity contribution >= 4 is 11.3 Å². The zero-order valence-corrected chi connectivity index (χ0v) is 10.4. The predicted octanol–water partition coefficient (Wildman–Crippen LogP) is 3.12. The van der Waals surface area contributed by atoms with E-state index in [1.54, 1.807) is 11.3 Å². The summed E-state index contributed by atoms with van der Waals surface area (Å²) in [5.74, 6) is 6.93. The molecule has 0 unspecified atom stereocenters. The SMILES string of the molecule is Cc1nc(C#Cc2cncc(C3CC3)c2)cs1. The molecule has 0 radical (unpaired) electrons. The number of rotatable bonds is 1. The highest BCUT2D eigenvalue weighted by molar-refractivity contribution is 7.09. The van der Waals surface area contributed by atoms with Gasteiger partial charge in [0.2, 0.25) is 0 Å². The fourth-order valence-electron chi connectivity index (χ4n) is 1.72. The second-order valence-corrected chi connectivity index (χ2v) is 5.35. The summed E-state index contributed by atoms with van der Waals surface area (Å²) in [6.45, 7) is 1.99. The van der Waals surface area contributed by atoms with Crippen LogP contribution in [0.5, 0.6) is 0 Å². The minimum Gasteiger partial charge on any atom is -0.263 e. The Kier molecular flexibility index (Phi) is 2.66. The third-order valence-corrected chi connectivity index (χ3v) is 3.54. The quantitative estimate of drug-likeness (QED) is 0.716. The van der Waals surface area contributed by atoms with Gasteiger partial charge in [-0.3, -0.25) is 4.98 Å². The summed E-state index contributed by atoms with van der Waals surface area (Å²) in [6.07, 6.45) is 6.36. The summed E-state index contributed by atoms with van der Waals surface area (Å²) in [4.78, 5) is 8.56. The van der Waals surface area contributed by atoms with Gasteiger partial charge in [0.05, 0.1) is 5.01 Å². The fraction of sp³-hybridized carbons (Fsp3) is 0.286. The van der Waals surface area contributed by atoms with Crippen molar-refractivity contribution in [3.63, 3.8) is 0 Å². The molecule has 2 heterocycles. The minimum atomic E-state index is 0.728. The van der Waals surface area contributed by atoms with Crippen molar-refractivity contribution in [1.29, 1.82) is 0 Å². The summed E-state index contributed by atoms with van der Waals surface area (Å²) >= 11 is 1.63. The van der Waals surface area contributed by atoms with Crippen LogP contribution in [0, 0.1) is 18.8 Å². The molecule has 0 aromatic carbocycles. The molecule has 0 saturated heterocycles. The highest BCUT2D eigenvalue weighted by Gasteiger charge is 2.23. The van der Waals surface area contributed by atoms with Gasteiger partial charge >= 0.3 is 0 Å². The molecule has 0 aliphatic heterocycles. The minimum absolute atomic E-state index is 0.728. The van der Waals surface area contributed by atoms with Crippen LogP contribution in [0.4, 0.5) is 0 Å². The molecular formula is C14H12N2S. The molecule has 0 N–H and O–H groups in total. The first-order chi connectivity index (χ1) is 8.31. The van der Waals surface area contributed by atoms with Gasteiger partial charge in [-0.15, -0.1) is 11.3 Å². The molecule has 0 atom stereocenters. The van der Waals surface area contributed by atoms with Crippen LogP contribution in [0.1, 0.15) is 40.6 Å². The van der Waals surface area contributed by atoms with E-state index < -0.39 is 0 Å². The van der Waals surface area contributed by atoms with Crippen LogP contribution >= 0.6 is 11.3 Å². The van der Waals surface area contributed by atoms with Crippen molar-refractivity contribution in [2.45, 2.75) is 25.7 Å². The molecule has 0 bridgehead atoms. The monoisotopic (exact) mass is 240 g/mol. The van der Waals surface area contributed by atoms with Gasteiger partial charge in [-0.2, -0.15) is 0 Å². The van der Waals surface area contributed by atoms with E-state index in [-0.39, 0.29) is 0 Å². The van der Waals surface area contributed by atoms with Crippen molar-refractivity contribution in [3.8, 4) is 11.8 Å². The van der Waals surface area contributed by atoms with E-state index in [0.29, 0.717) is 0 Å². The first-order valence-corrected chi connectivity index (χ1v) is 6.58. The Labute approximate surface area is 105 Å². The summed E-state index contributed by atoms with van der Waals surface area (Å²) in [5.41, 5.74) is 3.16. The summed E-state index contributed by atoms with van der Waals surface area (Å²) in [6, 6.07) is 2.15. The average Bonchev–Trinajstić information content (AvgIpc) is 3.11. The second-order valence-electron chi connectivity index (χ2n) is 4.28. The summed E-state index contributed by atoms with van der Waals surface area (Å²) in [5, 5.41) is 3.04. The number of thiazole rings is 1. The lowest BCUT2D eigenvalue weighted by Gasteiger charge is -1.96. The van der Waals surface area contributed by atoms with E-state index in [1.165, 1.54) is 18.4 Å². The Morgan fingerprint density at radius 2 is 2.18 bits per heavy atom. The molecule has 3 heteroatoms. The lowest BCUT2D eigenvalue weighted by molar-refractivity contribution is 1.09. The van der Waals surface area contributed by atoms with E-state index in [1.807, 2.05) is 24.7 Å². The van der Waals surface area contributed by atoms with Gasteiger partial charge in [-0.05, 0) is 43.2 Å². The Balaban J connectivity index is 1.85. The Morgan fingerprint density at radius 1 is 1.29 bits per heavy atom. The summed E-state index contributed by atoms with van der Waals surface area (Å²) in [7, 11) is 0. The Morgan fingerprint density at radius 3 is 2.88 bits per heavy atom. The zero-order chi connectivity index (χ0) is 11.7. The van der Waals surface area contributed by atoms with Crippen molar-refractivity contribution in [2.24, 2.45) is 0 Å². The van der Waals surface area contributed by atoms with Crippen LogP contribution in [-0.2, 0) is 0 Å². The molecule has 1 aliphatic carbocycles. The first-order valence-electron chi connectivity index (χ1n) is 5.70. The highest BCUT2D eigenvalue weighted by atomic mass is 32.1. The van der Waals surface area contributed by atoms with Crippen molar-refractivity contribution < 1.29 is 0 Å². The summed E-state index contributed by atoms with van der Waals surface area (Å²) < 4.78 is 0. The lowest BCUT2D eigenvalue weighted by atomic mass is 10.1. The van der Waals surface area contributed by atoms with Gasteiger partial charge in [0.15, 0.2) is 0 Å². The van der Waals surface area contributed by atoms with E-state index in [4.69, 9.17) is 0 Å². The van der Waals surface area contributed by atoms with Crippen LogP contribution in [-0.4, -0.2) is 9.97 Å². The van der Waals surface area contributed by atoms with E-state index >= 15 is 0 Å². The number of aromatic nitrogens is 2. The van der Waals surface area contributed by atoms with Gasteiger partial charge in [-0.1, -0.05) is 5.92 Å². The maximum Gasteiger partial charge on any atom is 0.124 e. The van der Waals surface area contributed by atoms with Crippen LogP contribution in [0.3, 0.4) is 0 Å². The molecule has 1 saturated carbocycles. The smallest absolute Gasteiger partial charge is 0.124 e. The number of nitrogens with zero attached hydrogens (tertiary/aromatic N) is 2. The normalized spacial score (nSPS) is 14.2. The molecule has 2 nitrogen and oxygen atoms in total. The van der Waals surface area contributed by atoms with Gasteiger partial charge < -0.3 is 0 Å².